The summed E-state index contributed by atoms with van der Waals surface area (Å²) in [5.41, 5.74) is 1.15. The minimum atomic E-state index is -4.31. The molecule has 51 heavy (non-hydrogen) atoms. The van der Waals surface area contributed by atoms with E-state index >= 15 is 0 Å². The first kappa shape index (κ1) is 35.9. The van der Waals surface area contributed by atoms with Crippen LogP contribution in [0.4, 0.5) is 39.5 Å². The van der Waals surface area contributed by atoms with E-state index in [0.717, 1.165) is 23.2 Å². The van der Waals surface area contributed by atoms with Gasteiger partial charge >= 0.3 is 6.18 Å². The second-order valence-corrected chi connectivity index (χ2v) is 15.9. The fourth-order valence-corrected chi connectivity index (χ4v) is 8.59. The molecule has 6 aliphatic rings. The number of nitrogens with zero attached hydrogens (tertiary/aromatic N) is 6. The summed E-state index contributed by atoms with van der Waals surface area (Å²) in [6, 6.07) is -0.434. The van der Waals surface area contributed by atoms with Gasteiger partial charge in [0.2, 0.25) is 0 Å². The van der Waals surface area contributed by atoms with Crippen LogP contribution in [0.3, 0.4) is 0 Å². The summed E-state index contributed by atoms with van der Waals surface area (Å²) in [4.78, 5) is 0. The topological polar surface area (TPSA) is 53.5 Å². The number of terminal acetylenes is 1. The molecule has 3 aromatic heterocycles. The molecule has 6 aliphatic carbocycles. The Morgan fingerprint density at radius 1 is 0.706 bits per heavy atom. The Balaban J connectivity index is 0.000000120. The molecule has 0 saturated heterocycles. The first-order valence-electron chi connectivity index (χ1n) is 17.6. The van der Waals surface area contributed by atoms with Crippen LogP contribution in [0.1, 0.15) is 161 Å². The molecule has 6 atom stereocenters. The highest BCUT2D eigenvalue weighted by Gasteiger charge is 2.68. The van der Waals surface area contributed by atoms with E-state index in [1.807, 2.05) is 27.7 Å². The standard InChI is InChI=1S/C12H14F4N2.C12H15F3N2.C12H12F2N2/c1-5(2)18-10-8(9(17-18)11(3,13)14)6-4-7(6)12(10,15)16;1-6(2)17-10-8(4-3-7-5-9(7)10)11(16-17)12(13,14)15;1-4-9-10-7-5-8(7)12(13,14)11(10)16(15-9)6(2)3/h5-7H,4H2,1-3H3;6-7,9H,3-5H2,1-2H3;1,6-8H,5H2,2-3H3. The molecule has 0 spiro atoms. The Morgan fingerprint density at radius 3 is 1.69 bits per heavy atom. The van der Waals surface area contributed by atoms with Gasteiger partial charge < -0.3 is 0 Å². The van der Waals surface area contributed by atoms with Crippen molar-refractivity contribution < 1.29 is 39.5 Å². The van der Waals surface area contributed by atoms with Gasteiger partial charge in [-0.25, -0.2) is 0 Å². The van der Waals surface area contributed by atoms with Crippen molar-refractivity contribution in [1.82, 2.24) is 29.3 Å². The second-order valence-electron chi connectivity index (χ2n) is 15.9. The third-order valence-corrected chi connectivity index (χ3v) is 11.2. The van der Waals surface area contributed by atoms with Crippen molar-refractivity contribution in [3.8, 4) is 12.3 Å². The molecule has 3 aromatic rings. The Morgan fingerprint density at radius 2 is 1.20 bits per heavy atom. The van der Waals surface area contributed by atoms with E-state index in [-0.39, 0.29) is 41.0 Å². The quantitative estimate of drug-likeness (QED) is 0.199. The molecule has 0 aromatic carbocycles. The number of hydrogen-bond donors (Lipinski definition) is 0. The number of hydrogen-bond acceptors (Lipinski definition) is 3. The summed E-state index contributed by atoms with van der Waals surface area (Å²) in [6.45, 7) is 11.5. The molecular weight excluding hydrogens is 687 g/mol. The zero-order chi connectivity index (χ0) is 37.5. The number of fused-ring (bicyclic) bond motifs is 9. The lowest BCUT2D eigenvalue weighted by atomic mass is 9.95. The summed E-state index contributed by atoms with van der Waals surface area (Å²) in [5, 5.41) is 11.7. The van der Waals surface area contributed by atoms with E-state index in [9.17, 15) is 39.5 Å². The number of aromatic nitrogens is 6. The van der Waals surface area contributed by atoms with Gasteiger partial charge in [-0.3, -0.25) is 14.0 Å². The van der Waals surface area contributed by atoms with Gasteiger partial charge in [0.25, 0.3) is 17.8 Å². The predicted molar refractivity (Wildman–Crippen MR) is 169 cm³/mol. The van der Waals surface area contributed by atoms with Crippen LogP contribution in [0.25, 0.3) is 0 Å². The lowest BCUT2D eigenvalue weighted by Crippen LogP contribution is -2.21. The van der Waals surface area contributed by atoms with E-state index in [0.29, 0.717) is 54.8 Å². The fourth-order valence-electron chi connectivity index (χ4n) is 8.59. The third kappa shape index (κ3) is 5.51. The first-order valence-corrected chi connectivity index (χ1v) is 17.6. The van der Waals surface area contributed by atoms with Crippen molar-refractivity contribution in [1.29, 1.82) is 0 Å². The Kier molecular flexibility index (Phi) is 7.95. The van der Waals surface area contributed by atoms with Crippen LogP contribution in [0.5, 0.6) is 0 Å². The maximum atomic E-state index is 14.1. The zero-order valence-corrected chi connectivity index (χ0v) is 29.4. The summed E-state index contributed by atoms with van der Waals surface area (Å²) in [6.07, 6.45) is 4.35. The van der Waals surface area contributed by atoms with E-state index in [2.05, 4.69) is 21.2 Å². The van der Waals surface area contributed by atoms with Crippen LogP contribution < -0.4 is 0 Å². The van der Waals surface area contributed by atoms with Gasteiger partial charge in [0.05, 0.1) is 0 Å². The highest BCUT2D eigenvalue weighted by atomic mass is 19.4. The Labute approximate surface area is 290 Å². The second kappa shape index (κ2) is 11.3. The molecule has 0 N–H and O–H groups in total. The molecule has 15 heteroatoms. The van der Waals surface area contributed by atoms with E-state index < -0.39 is 53.1 Å². The predicted octanol–water partition coefficient (Wildman–Crippen LogP) is 9.97. The molecular formula is C36H41F9N6. The molecule has 0 amide bonds. The normalized spacial score (nSPS) is 28.0. The molecule has 6 unspecified atom stereocenters. The number of rotatable bonds is 4. The molecule has 0 bridgehead atoms. The van der Waals surface area contributed by atoms with Crippen molar-refractivity contribution >= 4 is 0 Å². The smallest absolute Gasteiger partial charge is 0.266 e. The lowest BCUT2D eigenvalue weighted by molar-refractivity contribution is -0.142. The van der Waals surface area contributed by atoms with Crippen LogP contribution in [-0.4, -0.2) is 29.3 Å². The van der Waals surface area contributed by atoms with Crippen LogP contribution in [0, 0.1) is 30.1 Å². The largest absolute Gasteiger partial charge is 0.435 e. The summed E-state index contributed by atoms with van der Waals surface area (Å²) in [7, 11) is 0. The summed E-state index contributed by atoms with van der Waals surface area (Å²) in [5.74, 6) is -7.35. The minimum absolute atomic E-state index is 0.000741. The van der Waals surface area contributed by atoms with Gasteiger partial charge in [-0.2, -0.15) is 54.8 Å². The van der Waals surface area contributed by atoms with Crippen LogP contribution in [0.15, 0.2) is 0 Å². The van der Waals surface area contributed by atoms with E-state index in [4.69, 9.17) is 6.42 Å². The van der Waals surface area contributed by atoms with Gasteiger partial charge in [-0.15, -0.1) is 6.42 Å². The summed E-state index contributed by atoms with van der Waals surface area (Å²) < 4.78 is 126. The Bertz CT molecular complexity index is 1920. The summed E-state index contributed by atoms with van der Waals surface area (Å²) >= 11 is 0. The van der Waals surface area contributed by atoms with Crippen LogP contribution in [-0.2, 0) is 30.4 Å². The van der Waals surface area contributed by atoms with Crippen molar-refractivity contribution in [3.63, 3.8) is 0 Å². The molecule has 3 saturated carbocycles. The lowest BCUT2D eigenvalue weighted by Gasteiger charge is -2.17. The maximum Gasteiger partial charge on any atom is 0.435 e. The molecule has 6 nitrogen and oxygen atoms in total. The van der Waals surface area contributed by atoms with Gasteiger partial charge in [0.15, 0.2) is 5.69 Å². The van der Waals surface area contributed by atoms with Gasteiger partial charge in [0.1, 0.15) is 22.8 Å². The first-order chi connectivity index (χ1) is 23.5. The monoisotopic (exact) mass is 728 g/mol. The molecule has 0 radical (unpaired) electrons. The molecule has 0 aliphatic heterocycles. The Hall–Kier alpha value is -3.44. The highest BCUT2D eigenvalue weighted by molar-refractivity contribution is 5.51. The van der Waals surface area contributed by atoms with Gasteiger partial charge in [-0.05, 0) is 97.3 Å². The molecule has 3 fully saturated rings. The van der Waals surface area contributed by atoms with Crippen molar-refractivity contribution in [2.45, 2.75) is 140 Å². The van der Waals surface area contributed by atoms with Gasteiger partial charge in [0, 0.05) is 65.2 Å². The van der Waals surface area contributed by atoms with Crippen molar-refractivity contribution in [2.24, 2.45) is 17.8 Å². The van der Waals surface area contributed by atoms with E-state index in [1.165, 1.54) is 4.68 Å². The average Bonchev–Trinajstić information content (AvgIpc) is 3.96. The minimum Gasteiger partial charge on any atom is -0.266 e. The zero-order valence-electron chi connectivity index (χ0n) is 29.4. The van der Waals surface area contributed by atoms with Gasteiger partial charge in [-0.1, -0.05) is 0 Å². The van der Waals surface area contributed by atoms with Crippen LogP contribution in [0.2, 0.25) is 0 Å². The number of alkyl halides is 9. The fraction of sp³-hybridized carbons (Fsp3) is 0.694. The van der Waals surface area contributed by atoms with Crippen molar-refractivity contribution in [2.75, 3.05) is 0 Å². The SMILES string of the molecule is C#Cc1nn(C(C)C)c2c1C1CC1C2(F)F.CC(C)n1nc(C(C)(F)F)c2c1C(F)(F)C1CC21.CC(C)n1nc(C(F)(F)F)c2c1C1CC1CC2. The highest BCUT2D eigenvalue weighted by Crippen LogP contribution is 2.69. The van der Waals surface area contributed by atoms with E-state index in [1.54, 1.807) is 18.5 Å². The maximum absolute atomic E-state index is 14.1. The number of halogens is 9. The average molecular weight is 729 g/mol. The molecule has 278 valence electrons. The van der Waals surface area contributed by atoms with Crippen LogP contribution >= 0.6 is 0 Å². The molecule has 9 rings (SSSR count). The van der Waals surface area contributed by atoms with Crippen molar-refractivity contribution in [3.05, 3.63) is 50.9 Å². The molecule has 3 heterocycles. The third-order valence-electron chi connectivity index (χ3n) is 11.2.